The fourth-order valence-corrected chi connectivity index (χ4v) is 3.83. The molecule has 1 saturated heterocycles. The summed E-state index contributed by atoms with van der Waals surface area (Å²) >= 11 is 0. The Labute approximate surface area is 155 Å². The topological polar surface area (TPSA) is 59.1 Å². The zero-order valence-corrected chi connectivity index (χ0v) is 15.6. The van der Waals surface area contributed by atoms with Gasteiger partial charge in [0.25, 0.3) is 0 Å². The summed E-state index contributed by atoms with van der Waals surface area (Å²) < 4.78 is 10.9. The van der Waals surface area contributed by atoms with Crippen molar-refractivity contribution in [2.75, 3.05) is 47.0 Å². The number of ether oxygens (including phenoxy) is 2. The predicted molar refractivity (Wildman–Crippen MR) is 97.7 cm³/mol. The Morgan fingerprint density at radius 3 is 3.00 bits per heavy atom. The van der Waals surface area contributed by atoms with Gasteiger partial charge in [0, 0.05) is 40.3 Å². The van der Waals surface area contributed by atoms with Crippen molar-refractivity contribution in [1.29, 1.82) is 0 Å². The molecule has 1 aromatic carbocycles. The van der Waals surface area contributed by atoms with E-state index >= 15 is 0 Å². The highest BCUT2D eigenvalue weighted by molar-refractivity contribution is 5.89. The summed E-state index contributed by atoms with van der Waals surface area (Å²) in [6.07, 6.45) is 1.92. The maximum absolute atomic E-state index is 12.8. The number of carbonyl (C=O) groups is 2. The molecule has 3 rings (SSSR count). The van der Waals surface area contributed by atoms with Crippen LogP contribution in [0.1, 0.15) is 30.1 Å². The van der Waals surface area contributed by atoms with Crippen molar-refractivity contribution in [2.24, 2.45) is 5.92 Å². The Hall–Kier alpha value is -1.92. The van der Waals surface area contributed by atoms with Gasteiger partial charge in [0.05, 0.1) is 19.1 Å². The SMILES string of the molecule is COCCCN1C[C@@H](C(=O)N(C)C[C@H]2OCCc3ccccc32)CC1=O. The first-order valence-corrected chi connectivity index (χ1v) is 9.31. The number of hydrogen-bond acceptors (Lipinski definition) is 4. The number of methoxy groups -OCH3 is 1. The summed E-state index contributed by atoms with van der Waals surface area (Å²) in [5.41, 5.74) is 2.46. The first-order valence-electron chi connectivity index (χ1n) is 9.31. The summed E-state index contributed by atoms with van der Waals surface area (Å²) in [6, 6.07) is 8.25. The first-order chi connectivity index (χ1) is 12.6. The van der Waals surface area contributed by atoms with Crippen LogP contribution in [0.4, 0.5) is 0 Å². The normalized spacial score (nSPS) is 22.4. The number of likely N-dealkylation sites (N-methyl/N-ethyl adjacent to an activating group) is 1. The van der Waals surface area contributed by atoms with Crippen molar-refractivity contribution < 1.29 is 19.1 Å². The number of amides is 2. The van der Waals surface area contributed by atoms with E-state index in [9.17, 15) is 9.59 Å². The van der Waals surface area contributed by atoms with E-state index in [0.717, 1.165) is 12.8 Å². The van der Waals surface area contributed by atoms with Gasteiger partial charge in [-0.15, -0.1) is 0 Å². The largest absolute Gasteiger partial charge is 0.385 e. The molecule has 2 aliphatic rings. The molecule has 2 amide bonds. The van der Waals surface area contributed by atoms with Crippen LogP contribution < -0.4 is 0 Å². The molecule has 0 aromatic heterocycles. The summed E-state index contributed by atoms with van der Waals surface area (Å²) in [4.78, 5) is 28.5. The van der Waals surface area contributed by atoms with E-state index in [0.29, 0.717) is 39.3 Å². The van der Waals surface area contributed by atoms with E-state index in [-0.39, 0.29) is 23.8 Å². The Balaban J connectivity index is 1.56. The Morgan fingerprint density at radius 2 is 2.19 bits per heavy atom. The zero-order valence-electron chi connectivity index (χ0n) is 15.6. The number of carbonyl (C=O) groups excluding carboxylic acids is 2. The molecule has 0 spiro atoms. The molecular formula is C20H28N2O4. The van der Waals surface area contributed by atoms with Crippen LogP contribution in [0.5, 0.6) is 0 Å². The molecule has 6 heteroatoms. The third kappa shape index (κ3) is 4.24. The highest BCUT2D eigenvalue weighted by atomic mass is 16.5. The second-order valence-corrected chi connectivity index (χ2v) is 7.11. The van der Waals surface area contributed by atoms with Crippen LogP contribution in [0.2, 0.25) is 0 Å². The van der Waals surface area contributed by atoms with Gasteiger partial charge in [-0.05, 0) is 24.0 Å². The molecule has 0 aliphatic carbocycles. The van der Waals surface area contributed by atoms with E-state index in [2.05, 4.69) is 12.1 Å². The minimum Gasteiger partial charge on any atom is -0.385 e. The molecular weight excluding hydrogens is 332 g/mol. The minimum absolute atomic E-state index is 0.0271. The van der Waals surface area contributed by atoms with Gasteiger partial charge in [-0.25, -0.2) is 0 Å². The smallest absolute Gasteiger partial charge is 0.227 e. The lowest BCUT2D eigenvalue weighted by Gasteiger charge is -2.30. The van der Waals surface area contributed by atoms with Crippen LogP contribution in [0.15, 0.2) is 24.3 Å². The molecule has 0 bridgehead atoms. The Morgan fingerprint density at radius 1 is 1.38 bits per heavy atom. The average Bonchev–Trinajstić information content (AvgIpc) is 3.02. The van der Waals surface area contributed by atoms with Crippen molar-refractivity contribution in [3.05, 3.63) is 35.4 Å². The van der Waals surface area contributed by atoms with Gasteiger partial charge in [0.2, 0.25) is 11.8 Å². The molecule has 1 aromatic rings. The number of fused-ring (bicyclic) bond motifs is 1. The molecule has 142 valence electrons. The fraction of sp³-hybridized carbons (Fsp3) is 0.600. The molecule has 0 N–H and O–H groups in total. The molecule has 0 saturated carbocycles. The van der Waals surface area contributed by atoms with Gasteiger partial charge in [0.1, 0.15) is 6.10 Å². The molecule has 6 nitrogen and oxygen atoms in total. The van der Waals surface area contributed by atoms with E-state index in [1.54, 1.807) is 24.0 Å². The standard InChI is InChI=1S/C20H28N2O4/c1-21(14-18-17-7-4-3-6-15(17)8-11-26-18)20(24)16-12-19(23)22(13-16)9-5-10-25-2/h3-4,6-7,16,18H,5,8-14H2,1-2H3/t16-,18+/m0/s1. The van der Waals surface area contributed by atoms with Crippen LogP contribution in [0.3, 0.4) is 0 Å². The number of benzene rings is 1. The number of likely N-dealkylation sites (tertiary alicyclic amines) is 1. The van der Waals surface area contributed by atoms with E-state index in [4.69, 9.17) is 9.47 Å². The zero-order chi connectivity index (χ0) is 18.5. The lowest BCUT2D eigenvalue weighted by Crippen LogP contribution is -2.38. The highest BCUT2D eigenvalue weighted by Crippen LogP contribution is 2.28. The second-order valence-electron chi connectivity index (χ2n) is 7.11. The van der Waals surface area contributed by atoms with Crippen molar-refractivity contribution in [3.63, 3.8) is 0 Å². The molecule has 1 fully saturated rings. The molecule has 26 heavy (non-hydrogen) atoms. The van der Waals surface area contributed by atoms with Crippen molar-refractivity contribution in [3.8, 4) is 0 Å². The molecule has 0 radical (unpaired) electrons. The monoisotopic (exact) mass is 360 g/mol. The maximum atomic E-state index is 12.8. The van der Waals surface area contributed by atoms with Crippen LogP contribution in [0.25, 0.3) is 0 Å². The van der Waals surface area contributed by atoms with Crippen molar-refractivity contribution in [1.82, 2.24) is 9.80 Å². The summed E-state index contributed by atoms with van der Waals surface area (Å²) in [5.74, 6) is -0.166. The quantitative estimate of drug-likeness (QED) is 0.694. The van der Waals surface area contributed by atoms with Gasteiger partial charge in [-0.3, -0.25) is 9.59 Å². The molecule has 0 unspecified atom stereocenters. The van der Waals surface area contributed by atoms with Crippen LogP contribution >= 0.6 is 0 Å². The lowest BCUT2D eigenvalue weighted by atomic mass is 9.97. The van der Waals surface area contributed by atoms with Gasteiger partial charge in [-0.2, -0.15) is 0 Å². The summed E-state index contributed by atoms with van der Waals surface area (Å²) in [6.45, 7) is 2.98. The third-order valence-corrected chi connectivity index (χ3v) is 5.25. The van der Waals surface area contributed by atoms with Gasteiger partial charge in [-0.1, -0.05) is 24.3 Å². The second kappa shape index (κ2) is 8.64. The van der Waals surface area contributed by atoms with Crippen molar-refractivity contribution >= 4 is 11.8 Å². The molecule has 2 aliphatic heterocycles. The maximum Gasteiger partial charge on any atom is 0.227 e. The van der Waals surface area contributed by atoms with Crippen LogP contribution in [-0.2, 0) is 25.5 Å². The Kier molecular flexibility index (Phi) is 6.27. The van der Waals surface area contributed by atoms with Crippen molar-refractivity contribution in [2.45, 2.75) is 25.4 Å². The van der Waals surface area contributed by atoms with E-state index < -0.39 is 0 Å². The fourth-order valence-electron chi connectivity index (χ4n) is 3.83. The highest BCUT2D eigenvalue weighted by Gasteiger charge is 2.36. The van der Waals surface area contributed by atoms with Gasteiger partial charge < -0.3 is 19.3 Å². The van der Waals surface area contributed by atoms with Gasteiger partial charge >= 0.3 is 0 Å². The lowest BCUT2D eigenvalue weighted by molar-refractivity contribution is -0.136. The number of rotatable bonds is 7. The average molecular weight is 360 g/mol. The number of nitrogens with zero attached hydrogens (tertiary/aromatic N) is 2. The van der Waals surface area contributed by atoms with E-state index in [1.165, 1.54) is 11.1 Å². The Bertz CT molecular complexity index is 648. The third-order valence-electron chi connectivity index (χ3n) is 5.25. The molecule has 2 heterocycles. The predicted octanol–water partition coefficient (Wildman–Crippen LogP) is 1.64. The summed E-state index contributed by atoms with van der Waals surface area (Å²) in [5, 5.41) is 0. The van der Waals surface area contributed by atoms with E-state index in [1.807, 2.05) is 12.1 Å². The number of hydrogen-bond donors (Lipinski definition) is 0. The molecule has 2 atom stereocenters. The van der Waals surface area contributed by atoms with Crippen LogP contribution in [-0.4, -0.2) is 68.6 Å². The first kappa shape index (κ1) is 18.9. The van der Waals surface area contributed by atoms with Crippen LogP contribution in [0, 0.1) is 5.92 Å². The minimum atomic E-state index is -0.256. The summed E-state index contributed by atoms with van der Waals surface area (Å²) in [7, 11) is 3.46. The van der Waals surface area contributed by atoms with Gasteiger partial charge in [0.15, 0.2) is 0 Å².